The first-order chi connectivity index (χ1) is 7.08. The molecule has 0 radical (unpaired) electrons. The monoisotopic (exact) mass is 269 g/mol. The fourth-order valence-electron chi connectivity index (χ4n) is 0.921. The third kappa shape index (κ3) is 3.23. The average molecular weight is 271 g/mol. The lowest BCUT2D eigenvalue weighted by molar-refractivity contribution is 0.414. The summed E-state index contributed by atoms with van der Waals surface area (Å²) in [7, 11) is 1.43. The van der Waals surface area contributed by atoms with Crippen LogP contribution < -0.4 is 4.74 Å². The molecule has 0 amide bonds. The zero-order chi connectivity index (χ0) is 11.4. The van der Waals surface area contributed by atoms with Gasteiger partial charge < -0.3 is 4.74 Å². The van der Waals surface area contributed by atoms with Gasteiger partial charge >= 0.3 is 0 Å². The number of alkyl halides is 1. The summed E-state index contributed by atoms with van der Waals surface area (Å²) in [5.74, 6) is -0.230. The minimum Gasteiger partial charge on any atom is -0.495 e. The van der Waals surface area contributed by atoms with E-state index in [9.17, 15) is 4.39 Å². The topological polar surface area (TPSA) is 21.6 Å². The summed E-state index contributed by atoms with van der Waals surface area (Å²) in [4.78, 5) is 3.76. The highest BCUT2D eigenvalue weighted by atomic mass is 35.5. The van der Waals surface area contributed by atoms with Crippen LogP contribution in [-0.4, -0.2) is 18.2 Å². The Bertz CT molecular complexity index is 395. The molecule has 0 unspecified atom stereocenters. The molecule has 0 bridgehead atoms. The number of halogens is 4. The molecule has 0 saturated carbocycles. The molecule has 0 aliphatic heterocycles. The number of rotatable bonds is 3. The molecule has 6 heteroatoms. The van der Waals surface area contributed by atoms with E-state index in [1.807, 2.05) is 0 Å². The van der Waals surface area contributed by atoms with Crippen LogP contribution in [0.15, 0.2) is 17.1 Å². The highest BCUT2D eigenvalue weighted by Gasteiger charge is 2.08. The molecule has 1 aromatic carbocycles. The van der Waals surface area contributed by atoms with Gasteiger partial charge in [0.15, 0.2) is 5.82 Å². The maximum Gasteiger partial charge on any atom is 0.150 e. The van der Waals surface area contributed by atoms with Gasteiger partial charge in [0, 0.05) is 6.07 Å². The number of hydrogen-bond acceptors (Lipinski definition) is 2. The van der Waals surface area contributed by atoms with Gasteiger partial charge in [0.05, 0.1) is 18.0 Å². The number of nitrogens with zero attached hydrogens (tertiary/aromatic N) is 1. The Morgan fingerprint density at radius 2 is 2.20 bits per heavy atom. The number of aliphatic imine (C=N–C) groups is 1. The van der Waals surface area contributed by atoms with Crippen molar-refractivity contribution >= 4 is 45.7 Å². The molecule has 0 N–H and O–H groups in total. The first kappa shape index (κ1) is 12.6. The second kappa shape index (κ2) is 5.54. The van der Waals surface area contributed by atoms with Crippen LogP contribution in [0.5, 0.6) is 5.75 Å². The van der Waals surface area contributed by atoms with Gasteiger partial charge in [-0.25, -0.2) is 9.38 Å². The SMILES string of the molecule is COc1cc(N=C(Cl)CCl)c(F)cc1Cl. The van der Waals surface area contributed by atoms with Crippen molar-refractivity contribution in [2.24, 2.45) is 4.99 Å². The van der Waals surface area contributed by atoms with E-state index in [0.29, 0.717) is 5.75 Å². The predicted molar refractivity (Wildman–Crippen MR) is 61.6 cm³/mol. The van der Waals surface area contributed by atoms with Gasteiger partial charge in [-0.3, -0.25) is 0 Å². The predicted octanol–water partition coefficient (Wildman–Crippen LogP) is 4.00. The summed E-state index contributed by atoms with van der Waals surface area (Å²) < 4.78 is 18.2. The van der Waals surface area contributed by atoms with Gasteiger partial charge in [-0.1, -0.05) is 23.2 Å². The van der Waals surface area contributed by atoms with Crippen molar-refractivity contribution in [1.82, 2.24) is 0 Å². The van der Waals surface area contributed by atoms with E-state index in [2.05, 4.69) is 4.99 Å². The number of methoxy groups -OCH3 is 1. The van der Waals surface area contributed by atoms with Gasteiger partial charge in [0.1, 0.15) is 16.6 Å². The number of benzene rings is 1. The molecule has 0 fully saturated rings. The van der Waals surface area contributed by atoms with Gasteiger partial charge in [-0.05, 0) is 6.07 Å². The third-order valence-corrected chi connectivity index (χ3v) is 2.48. The molecule has 0 saturated heterocycles. The van der Waals surface area contributed by atoms with Crippen LogP contribution >= 0.6 is 34.8 Å². The largest absolute Gasteiger partial charge is 0.495 e. The first-order valence-electron chi connectivity index (χ1n) is 3.90. The molecule has 15 heavy (non-hydrogen) atoms. The quantitative estimate of drug-likeness (QED) is 0.601. The number of hydrogen-bond donors (Lipinski definition) is 0. The summed E-state index contributed by atoms with van der Waals surface area (Å²) in [6.45, 7) is 0. The van der Waals surface area contributed by atoms with E-state index < -0.39 is 5.82 Å². The Morgan fingerprint density at radius 3 is 2.73 bits per heavy atom. The Balaban J connectivity index is 3.19. The Morgan fingerprint density at radius 1 is 1.53 bits per heavy atom. The third-order valence-electron chi connectivity index (χ3n) is 1.57. The van der Waals surface area contributed by atoms with Gasteiger partial charge in [0.25, 0.3) is 0 Å². The van der Waals surface area contributed by atoms with Crippen molar-refractivity contribution in [3.05, 3.63) is 23.0 Å². The van der Waals surface area contributed by atoms with Crippen molar-refractivity contribution in [2.75, 3.05) is 13.0 Å². The fraction of sp³-hybridized carbons (Fsp3) is 0.222. The second-order valence-electron chi connectivity index (χ2n) is 2.56. The lowest BCUT2D eigenvalue weighted by Crippen LogP contribution is -1.90. The maximum absolute atomic E-state index is 13.3. The zero-order valence-corrected chi connectivity index (χ0v) is 10.00. The fourth-order valence-corrected chi connectivity index (χ4v) is 1.30. The molecule has 0 atom stereocenters. The molecule has 0 heterocycles. The van der Waals surface area contributed by atoms with E-state index in [4.69, 9.17) is 39.5 Å². The summed E-state index contributed by atoms with van der Waals surface area (Å²) in [6.07, 6.45) is 0. The minimum absolute atomic E-state index is 0.0198. The molecule has 1 aromatic rings. The number of ether oxygens (including phenoxy) is 1. The van der Waals surface area contributed by atoms with Crippen molar-refractivity contribution in [2.45, 2.75) is 0 Å². The maximum atomic E-state index is 13.3. The molecular weight excluding hydrogens is 263 g/mol. The Labute approximate surface area is 102 Å². The Kier molecular flexibility index (Phi) is 4.64. The minimum atomic E-state index is -0.580. The van der Waals surface area contributed by atoms with Crippen molar-refractivity contribution in [1.29, 1.82) is 0 Å². The van der Waals surface area contributed by atoms with Crippen molar-refractivity contribution in [3.63, 3.8) is 0 Å². The van der Waals surface area contributed by atoms with Crippen LogP contribution in [0, 0.1) is 5.82 Å². The van der Waals surface area contributed by atoms with Gasteiger partial charge in [0.2, 0.25) is 0 Å². The lowest BCUT2D eigenvalue weighted by Gasteiger charge is -2.05. The van der Waals surface area contributed by atoms with Crippen molar-refractivity contribution < 1.29 is 9.13 Å². The summed E-state index contributed by atoms with van der Waals surface area (Å²) in [5.41, 5.74) is 0.0434. The van der Waals surface area contributed by atoms with E-state index in [-0.39, 0.29) is 21.8 Å². The molecule has 0 aliphatic rings. The summed E-state index contributed by atoms with van der Waals surface area (Å²) in [5, 5.41) is 0.274. The van der Waals surface area contributed by atoms with Crippen LogP contribution in [0.3, 0.4) is 0 Å². The molecule has 0 aliphatic carbocycles. The molecule has 0 spiro atoms. The summed E-state index contributed by atoms with van der Waals surface area (Å²) in [6, 6.07) is 2.46. The van der Waals surface area contributed by atoms with Gasteiger partial charge in [-0.15, -0.1) is 11.6 Å². The highest BCUT2D eigenvalue weighted by molar-refractivity contribution is 6.69. The normalized spacial score (nSPS) is 11.7. The van der Waals surface area contributed by atoms with E-state index in [0.717, 1.165) is 6.07 Å². The van der Waals surface area contributed by atoms with Crippen LogP contribution in [0.25, 0.3) is 0 Å². The zero-order valence-electron chi connectivity index (χ0n) is 7.73. The highest BCUT2D eigenvalue weighted by Crippen LogP contribution is 2.31. The molecule has 82 valence electrons. The van der Waals surface area contributed by atoms with E-state index >= 15 is 0 Å². The van der Waals surface area contributed by atoms with Crippen LogP contribution in [0.4, 0.5) is 10.1 Å². The lowest BCUT2D eigenvalue weighted by atomic mass is 10.3. The van der Waals surface area contributed by atoms with Crippen molar-refractivity contribution in [3.8, 4) is 5.75 Å². The van der Waals surface area contributed by atoms with E-state index in [1.165, 1.54) is 13.2 Å². The Hall–Kier alpha value is -0.510. The van der Waals surface area contributed by atoms with E-state index in [1.54, 1.807) is 0 Å². The standard InChI is InChI=1S/C9H7Cl3FNO/c1-15-8-3-7(14-9(12)4-10)6(13)2-5(8)11/h2-3H,4H2,1H3. The average Bonchev–Trinajstić information content (AvgIpc) is 2.21. The molecule has 0 aromatic heterocycles. The molecule has 2 nitrogen and oxygen atoms in total. The van der Waals surface area contributed by atoms with Gasteiger partial charge in [-0.2, -0.15) is 0 Å². The van der Waals surface area contributed by atoms with Crippen LogP contribution in [0.2, 0.25) is 5.02 Å². The summed E-state index contributed by atoms with van der Waals surface area (Å²) >= 11 is 16.7. The second-order valence-corrected chi connectivity index (χ2v) is 3.67. The molecule has 1 rings (SSSR count). The van der Waals surface area contributed by atoms with Crippen LogP contribution in [0.1, 0.15) is 0 Å². The first-order valence-corrected chi connectivity index (χ1v) is 5.19. The molecular formula is C9H7Cl3FNO. The van der Waals surface area contributed by atoms with Crippen LogP contribution in [-0.2, 0) is 0 Å². The smallest absolute Gasteiger partial charge is 0.150 e.